The normalized spacial score (nSPS) is 21.8. The van der Waals surface area contributed by atoms with Crippen molar-refractivity contribution in [1.29, 1.82) is 0 Å². The van der Waals surface area contributed by atoms with Gasteiger partial charge in [-0.05, 0) is 24.0 Å². The summed E-state index contributed by atoms with van der Waals surface area (Å²) in [5.74, 6) is 0.789. The number of imidazole rings is 1. The maximum Gasteiger partial charge on any atom is 0.0946 e. The van der Waals surface area contributed by atoms with E-state index in [0.717, 1.165) is 31.7 Å². The Hall–Kier alpha value is -1.72. The molecule has 2 atom stereocenters. The van der Waals surface area contributed by atoms with Crippen LogP contribution in [0, 0.1) is 0 Å². The highest BCUT2D eigenvalue weighted by Crippen LogP contribution is 2.27. The van der Waals surface area contributed by atoms with Gasteiger partial charge in [-0.3, -0.25) is 9.88 Å². The van der Waals surface area contributed by atoms with Crippen molar-refractivity contribution in [2.24, 2.45) is 12.8 Å². The first-order valence-corrected chi connectivity index (χ1v) is 8.92. The van der Waals surface area contributed by atoms with Crippen molar-refractivity contribution >= 4 is 0 Å². The number of aromatic nitrogens is 3. The molecule has 0 bridgehead atoms. The molecular formula is C19H29N5. The second kappa shape index (κ2) is 7.03. The van der Waals surface area contributed by atoms with Crippen LogP contribution in [0.4, 0.5) is 0 Å². The monoisotopic (exact) mass is 327 g/mol. The van der Waals surface area contributed by atoms with Crippen LogP contribution in [0.3, 0.4) is 0 Å². The molecule has 0 aliphatic carbocycles. The van der Waals surface area contributed by atoms with E-state index in [1.165, 1.54) is 17.0 Å². The van der Waals surface area contributed by atoms with E-state index in [2.05, 4.69) is 49.0 Å². The van der Waals surface area contributed by atoms with Crippen LogP contribution >= 0.6 is 0 Å². The first-order valence-electron chi connectivity index (χ1n) is 8.92. The third-order valence-corrected chi connectivity index (χ3v) is 4.96. The number of pyridine rings is 1. The molecule has 0 aromatic carbocycles. The molecule has 130 valence electrons. The van der Waals surface area contributed by atoms with Crippen LogP contribution in [0.5, 0.6) is 0 Å². The zero-order chi connectivity index (χ0) is 17.3. The number of nitrogens with zero attached hydrogens (tertiary/aromatic N) is 4. The van der Waals surface area contributed by atoms with Crippen LogP contribution in [0.2, 0.25) is 0 Å². The van der Waals surface area contributed by atoms with Gasteiger partial charge < -0.3 is 10.3 Å². The lowest BCUT2D eigenvalue weighted by molar-refractivity contribution is 0.322. The molecular weight excluding hydrogens is 298 g/mol. The minimum atomic E-state index is 0.146. The molecule has 1 saturated heterocycles. The predicted molar refractivity (Wildman–Crippen MR) is 96.9 cm³/mol. The molecule has 24 heavy (non-hydrogen) atoms. The van der Waals surface area contributed by atoms with E-state index in [4.69, 9.17) is 10.7 Å². The first-order chi connectivity index (χ1) is 11.5. The minimum absolute atomic E-state index is 0.146. The molecule has 1 aliphatic heterocycles. The summed E-state index contributed by atoms with van der Waals surface area (Å²) in [7, 11) is 2.00. The maximum atomic E-state index is 6.39. The lowest BCUT2D eigenvalue weighted by Crippen LogP contribution is -2.29. The molecule has 5 nitrogen and oxygen atoms in total. The van der Waals surface area contributed by atoms with Gasteiger partial charge in [0, 0.05) is 56.2 Å². The number of aryl methyl sites for hydroxylation is 2. The van der Waals surface area contributed by atoms with Crippen LogP contribution in [-0.4, -0.2) is 38.6 Å². The average Bonchev–Trinajstić information content (AvgIpc) is 3.13. The summed E-state index contributed by atoms with van der Waals surface area (Å²) in [6.45, 7) is 9.37. The van der Waals surface area contributed by atoms with Gasteiger partial charge in [-0.25, -0.2) is 4.98 Å². The van der Waals surface area contributed by atoms with Crippen molar-refractivity contribution in [2.45, 2.75) is 51.6 Å². The lowest BCUT2D eigenvalue weighted by atomic mass is 10.0. The molecule has 3 heterocycles. The largest absolute Gasteiger partial charge is 0.340 e. The second-order valence-electron chi connectivity index (χ2n) is 7.28. The van der Waals surface area contributed by atoms with Crippen molar-refractivity contribution in [3.8, 4) is 0 Å². The molecule has 1 fully saturated rings. The summed E-state index contributed by atoms with van der Waals surface area (Å²) in [6, 6.07) is 4.57. The smallest absolute Gasteiger partial charge is 0.0946 e. The fourth-order valence-electron chi connectivity index (χ4n) is 3.54. The van der Waals surface area contributed by atoms with E-state index in [0.29, 0.717) is 11.8 Å². The van der Waals surface area contributed by atoms with Gasteiger partial charge >= 0.3 is 0 Å². The molecule has 2 aromatic heterocycles. The van der Waals surface area contributed by atoms with Gasteiger partial charge in [0.15, 0.2) is 0 Å². The Bertz CT molecular complexity index is 691. The van der Waals surface area contributed by atoms with Gasteiger partial charge in [-0.1, -0.05) is 26.8 Å². The van der Waals surface area contributed by atoms with Crippen LogP contribution in [0.1, 0.15) is 55.3 Å². The number of rotatable bonds is 5. The Labute approximate surface area is 144 Å². The zero-order valence-corrected chi connectivity index (χ0v) is 15.2. The molecule has 0 saturated carbocycles. The lowest BCUT2D eigenvalue weighted by Gasteiger charge is -2.18. The summed E-state index contributed by atoms with van der Waals surface area (Å²) in [5.41, 5.74) is 11.2. The van der Waals surface area contributed by atoms with Crippen molar-refractivity contribution in [1.82, 2.24) is 19.4 Å². The fraction of sp³-hybridized carbons (Fsp3) is 0.579. The van der Waals surface area contributed by atoms with Gasteiger partial charge in [0.25, 0.3) is 0 Å². The Kier molecular flexibility index (Phi) is 5.01. The van der Waals surface area contributed by atoms with Crippen LogP contribution < -0.4 is 5.73 Å². The van der Waals surface area contributed by atoms with Gasteiger partial charge in [0.05, 0.1) is 12.0 Å². The number of hydrogen-bond acceptors (Lipinski definition) is 4. The van der Waals surface area contributed by atoms with E-state index in [9.17, 15) is 0 Å². The SMILES string of the molecule is CCc1nc(C(C)C)ccc1CN1C[C@@H](N)[C@H](c2cn(C)cn2)C1. The molecule has 2 aromatic rings. The van der Waals surface area contributed by atoms with Gasteiger partial charge in [-0.2, -0.15) is 0 Å². The summed E-state index contributed by atoms with van der Waals surface area (Å²) >= 11 is 0. The quantitative estimate of drug-likeness (QED) is 0.916. The predicted octanol–water partition coefficient (Wildman–Crippen LogP) is 2.43. The van der Waals surface area contributed by atoms with Crippen molar-refractivity contribution in [3.63, 3.8) is 0 Å². The van der Waals surface area contributed by atoms with E-state index in [1.54, 1.807) is 0 Å². The number of hydrogen-bond donors (Lipinski definition) is 1. The summed E-state index contributed by atoms with van der Waals surface area (Å²) in [4.78, 5) is 11.8. The van der Waals surface area contributed by atoms with E-state index in [-0.39, 0.29) is 6.04 Å². The molecule has 0 amide bonds. The third-order valence-electron chi connectivity index (χ3n) is 4.96. The minimum Gasteiger partial charge on any atom is -0.340 e. The Morgan fingerprint density at radius 1 is 1.29 bits per heavy atom. The van der Waals surface area contributed by atoms with E-state index < -0.39 is 0 Å². The Morgan fingerprint density at radius 2 is 2.08 bits per heavy atom. The highest BCUT2D eigenvalue weighted by molar-refractivity contribution is 5.25. The second-order valence-corrected chi connectivity index (χ2v) is 7.28. The number of likely N-dealkylation sites (tertiary alicyclic amines) is 1. The fourth-order valence-corrected chi connectivity index (χ4v) is 3.54. The topological polar surface area (TPSA) is 60.0 Å². The molecule has 0 spiro atoms. The first kappa shape index (κ1) is 17.1. The molecule has 2 N–H and O–H groups in total. The molecule has 3 rings (SSSR count). The van der Waals surface area contributed by atoms with Crippen molar-refractivity contribution in [3.05, 3.63) is 47.3 Å². The molecule has 0 radical (unpaired) electrons. The molecule has 1 aliphatic rings. The highest BCUT2D eigenvalue weighted by atomic mass is 15.2. The summed E-state index contributed by atoms with van der Waals surface area (Å²) in [5, 5.41) is 0. The number of nitrogens with two attached hydrogens (primary N) is 1. The summed E-state index contributed by atoms with van der Waals surface area (Å²) < 4.78 is 1.99. The van der Waals surface area contributed by atoms with Crippen molar-refractivity contribution < 1.29 is 0 Å². The highest BCUT2D eigenvalue weighted by Gasteiger charge is 2.32. The average molecular weight is 327 g/mol. The van der Waals surface area contributed by atoms with Crippen LogP contribution in [0.15, 0.2) is 24.7 Å². The van der Waals surface area contributed by atoms with Gasteiger partial charge in [-0.15, -0.1) is 0 Å². The summed E-state index contributed by atoms with van der Waals surface area (Å²) in [6.07, 6.45) is 4.92. The van der Waals surface area contributed by atoms with Gasteiger partial charge in [0.2, 0.25) is 0 Å². The van der Waals surface area contributed by atoms with E-state index in [1.807, 2.05) is 17.9 Å². The van der Waals surface area contributed by atoms with Crippen molar-refractivity contribution in [2.75, 3.05) is 13.1 Å². The zero-order valence-electron chi connectivity index (χ0n) is 15.2. The van der Waals surface area contributed by atoms with Gasteiger partial charge in [0.1, 0.15) is 0 Å². The maximum absolute atomic E-state index is 6.39. The Morgan fingerprint density at radius 3 is 2.71 bits per heavy atom. The molecule has 5 heteroatoms. The molecule has 0 unspecified atom stereocenters. The van der Waals surface area contributed by atoms with E-state index >= 15 is 0 Å². The van der Waals surface area contributed by atoms with Crippen LogP contribution in [0.25, 0.3) is 0 Å². The van der Waals surface area contributed by atoms with Crippen LogP contribution in [-0.2, 0) is 20.0 Å². The third kappa shape index (κ3) is 3.52. The Balaban J connectivity index is 1.73. The standard InChI is InChI=1S/C19H29N5/c1-5-17-14(6-7-18(22-17)13(2)3)8-24-9-15(16(20)10-24)19-11-23(4)12-21-19/h6-7,11-13,15-16H,5,8-10,20H2,1-4H3/t15-,16-/m1/s1.